The summed E-state index contributed by atoms with van der Waals surface area (Å²) in [5, 5.41) is 3.03. The van der Waals surface area contributed by atoms with Gasteiger partial charge in [-0.3, -0.25) is 4.79 Å². The van der Waals surface area contributed by atoms with Gasteiger partial charge in [-0.25, -0.2) is 0 Å². The number of hydrogen-bond donors (Lipinski definition) is 1. The average Bonchev–Trinajstić information content (AvgIpc) is 2.90. The molecule has 4 bridgehead atoms. The van der Waals surface area contributed by atoms with E-state index in [4.69, 9.17) is 4.42 Å². The molecule has 1 amide bonds. The molecule has 0 aliphatic heterocycles. The largest absolute Gasteiger partial charge is 0.459 e. The van der Waals surface area contributed by atoms with E-state index in [0.717, 1.165) is 30.7 Å². The lowest BCUT2D eigenvalue weighted by molar-refractivity contribution is -0.0564. The molecule has 1 aromatic rings. The van der Waals surface area contributed by atoms with Crippen LogP contribution >= 0.6 is 0 Å². The van der Waals surface area contributed by atoms with E-state index in [2.05, 4.69) is 5.32 Å². The summed E-state index contributed by atoms with van der Waals surface area (Å²) < 4.78 is 5.13. The smallest absolute Gasteiger partial charge is 0.286 e. The van der Waals surface area contributed by atoms with Crippen molar-refractivity contribution in [3.05, 3.63) is 24.2 Å². The second-order valence-electron chi connectivity index (χ2n) is 7.40. The Morgan fingerprint density at radius 1 is 1.20 bits per heavy atom. The SMILES string of the molecule is O=C(NCCC12CC3CC(CC(C3)C1)C2)c1ccco1. The van der Waals surface area contributed by atoms with Gasteiger partial charge in [-0.15, -0.1) is 0 Å². The number of amides is 1. The molecule has 0 aromatic carbocycles. The lowest BCUT2D eigenvalue weighted by Crippen LogP contribution is -2.47. The summed E-state index contributed by atoms with van der Waals surface area (Å²) >= 11 is 0. The predicted molar refractivity (Wildman–Crippen MR) is 76.3 cm³/mol. The van der Waals surface area contributed by atoms with Crippen molar-refractivity contribution in [1.82, 2.24) is 5.32 Å². The van der Waals surface area contributed by atoms with Gasteiger partial charge in [0, 0.05) is 6.54 Å². The Morgan fingerprint density at radius 2 is 1.85 bits per heavy atom. The van der Waals surface area contributed by atoms with Gasteiger partial charge in [-0.05, 0) is 80.2 Å². The highest BCUT2D eigenvalue weighted by Gasteiger charge is 2.50. The molecule has 4 aliphatic carbocycles. The predicted octanol–water partition coefficient (Wildman–Crippen LogP) is 3.62. The number of rotatable bonds is 4. The highest BCUT2D eigenvalue weighted by atomic mass is 16.3. The molecule has 1 heterocycles. The molecule has 4 aliphatic rings. The van der Waals surface area contributed by atoms with Crippen LogP contribution in [0.1, 0.15) is 55.5 Å². The van der Waals surface area contributed by atoms with E-state index in [-0.39, 0.29) is 5.91 Å². The third-order valence-corrected chi connectivity index (χ3v) is 5.85. The van der Waals surface area contributed by atoms with Crippen molar-refractivity contribution in [3.8, 4) is 0 Å². The fourth-order valence-electron chi connectivity index (χ4n) is 5.53. The first kappa shape index (κ1) is 12.5. The monoisotopic (exact) mass is 273 g/mol. The fourth-order valence-corrected chi connectivity index (χ4v) is 5.53. The first-order chi connectivity index (χ1) is 9.72. The number of furan rings is 1. The lowest BCUT2D eigenvalue weighted by atomic mass is 9.49. The third-order valence-electron chi connectivity index (χ3n) is 5.85. The Kier molecular flexibility index (Phi) is 2.90. The Bertz CT molecular complexity index is 456. The van der Waals surface area contributed by atoms with Crippen LogP contribution < -0.4 is 5.32 Å². The zero-order valence-corrected chi connectivity index (χ0v) is 11.9. The average molecular weight is 273 g/mol. The van der Waals surface area contributed by atoms with Crippen LogP contribution in [0.25, 0.3) is 0 Å². The van der Waals surface area contributed by atoms with E-state index in [1.165, 1.54) is 38.5 Å². The Morgan fingerprint density at radius 3 is 2.40 bits per heavy atom. The molecule has 1 aromatic heterocycles. The molecule has 4 fully saturated rings. The van der Waals surface area contributed by atoms with Crippen molar-refractivity contribution >= 4 is 5.91 Å². The van der Waals surface area contributed by atoms with Gasteiger partial charge in [0.1, 0.15) is 0 Å². The molecule has 3 heteroatoms. The Balaban J connectivity index is 1.34. The molecular weight excluding hydrogens is 250 g/mol. The van der Waals surface area contributed by atoms with E-state index in [1.807, 2.05) is 0 Å². The van der Waals surface area contributed by atoms with E-state index >= 15 is 0 Å². The normalized spacial score (nSPS) is 38.1. The molecule has 5 rings (SSSR count). The molecule has 0 spiro atoms. The molecule has 0 saturated heterocycles. The van der Waals surface area contributed by atoms with Crippen molar-refractivity contribution in [2.45, 2.75) is 44.9 Å². The van der Waals surface area contributed by atoms with Crippen LogP contribution in [0.4, 0.5) is 0 Å². The molecule has 4 saturated carbocycles. The van der Waals surface area contributed by atoms with E-state index in [1.54, 1.807) is 18.4 Å². The summed E-state index contributed by atoms with van der Waals surface area (Å²) in [7, 11) is 0. The molecule has 1 N–H and O–H groups in total. The summed E-state index contributed by atoms with van der Waals surface area (Å²) in [6, 6.07) is 3.48. The summed E-state index contributed by atoms with van der Waals surface area (Å²) in [4.78, 5) is 11.9. The summed E-state index contributed by atoms with van der Waals surface area (Å²) in [5.41, 5.74) is 0.547. The zero-order chi connectivity index (χ0) is 13.6. The van der Waals surface area contributed by atoms with Crippen LogP contribution in [0.15, 0.2) is 22.8 Å². The van der Waals surface area contributed by atoms with Crippen LogP contribution in [-0.2, 0) is 0 Å². The van der Waals surface area contributed by atoms with Gasteiger partial charge in [0.25, 0.3) is 5.91 Å². The van der Waals surface area contributed by atoms with Gasteiger partial charge < -0.3 is 9.73 Å². The quantitative estimate of drug-likeness (QED) is 0.910. The number of carbonyl (C=O) groups excluding carboxylic acids is 1. The van der Waals surface area contributed by atoms with Gasteiger partial charge in [-0.1, -0.05) is 0 Å². The maximum atomic E-state index is 11.9. The summed E-state index contributed by atoms with van der Waals surface area (Å²) in [6.07, 6.45) is 11.4. The molecule has 0 radical (unpaired) electrons. The Hall–Kier alpha value is -1.25. The summed E-state index contributed by atoms with van der Waals surface area (Å²) in [5.74, 6) is 3.32. The first-order valence-electron chi connectivity index (χ1n) is 8.04. The molecule has 20 heavy (non-hydrogen) atoms. The third kappa shape index (κ3) is 2.17. The van der Waals surface area contributed by atoms with Crippen LogP contribution in [0.5, 0.6) is 0 Å². The number of carbonyl (C=O) groups is 1. The zero-order valence-electron chi connectivity index (χ0n) is 11.9. The molecular formula is C17H23NO2. The minimum atomic E-state index is -0.0697. The topological polar surface area (TPSA) is 42.2 Å². The highest BCUT2D eigenvalue weighted by molar-refractivity contribution is 5.91. The maximum Gasteiger partial charge on any atom is 0.286 e. The fraction of sp³-hybridized carbons (Fsp3) is 0.706. The van der Waals surface area contributed by atoms with Crippen molar-refractivity contribution in [3.63, 3.8) is 0 Å². The molecule has 3 nitrogen and oxygen atoms in total. The van der Waals surface area contributed by atoms with Gasteiger partial charge >= 0.3 is 0 Å². The molecule has 0 unspecified atom stereocenters. The van der Waals surface area contributed by atoms with Crippen LogP contribution in [0.2, 0.25) is 0 Å². The van der Waals surface area contributed by atoms with Gasteiger partial charge in [0.05, 0.1) is 6.26 Å². The van der Waals surface area contributed by atoms with Crippen LogP contribution in [0, 0.1) is 23.2 Å². The second kappa shape index (κ2) is 4.64. The minimum absolute atomic E-state index is 0.0697. The number of hydrogen-bond acceptors (Lipinski definition) is 2. The van der Waals surface area contributed by atoms with Gasteiger partial charge in [-0.2, -0.15) is 0 Å². The van der Waals surface area contributed by atoms with Crippen molar-refractivity contribution < 1.29 is 9.21 Å². The van der Waals surface area contributed by atoms with E-state index in [0.29, 0.717) is 11.2 Å². The summed E-state index contributed by atoms with van der Waals surface area (Å²) in [6.45, 7) is 0.797. The van der Waals surface area contributed by atoms with Crippen LogP contribution in [-0.4, -0.2) is 12.5 Å². The maximum absolute atomic E-state index is 11.9. The second-order valence-corrected chi connectivity index (χ2v) is 7.40. The van der Waals surface area contributed by atoms with Gasteiger partial charge in [0.15, 0.2) is 5.76 Å². The number of nitrogens with one attached hydrogen (secondary N) is 1. The highest BCUT2D eigenvalue weighted by Crippen LogP contribution is 2.61. The minimum Gasteiger partial charge on any atom is -0.459 e. The van der Waals surface area contributed by atoms with Crippen LogP contribution in [0.3, 0.4) is 0 Å². The van der Waals surface area contributed by atoms with Crippen molar-refractivity contribution in [2.75, 3.05) is 6.54 Å². The van der Waals surface area contributed by atoms with E-state index in [9.17, 15) is 4.79 Å². The molecule has 0 atom stereocenters. The lowest BCUT2D eigenvalue weighted by Gasteiger charge is -2.57. The van der Waals surface area contributed by atoms with Gasteiger partial charge in [0.2, 0.25) is 0 Å². The van der Waals surface area contributed by atoms with Crippen molar-refractivity contribution in [1.29, 1.82) is 0 Å². The first-order valence-corrected chi connectivity index (χ1v) is 8.04. The molecule has 108 valence electrons. The Labute approximate surface area is 120 Å². The standard InChI is InChI=1S/C17H23NO2/c19-16(15-2-1-5-20-15)18-4-3-17-9-12-6-13(10-17)8-14(7-12)11-17/h1-2,5,12-14H,3-4,6-11H2,(H,18,19). The van der Waals surface area contributed by atoms with E-state index < -0.39 is 0 Å². The van der Waals surface area contributed by atoms with Crippen molar-refractivity contribution in [2.24, 2.45) is 23.2 Å².